The number of nitrogens with two attached hydrogens (primary N) is 1. The molecule has 21 heavy (non-hydrogen) atoms. The van der Waals surface area contributed by atoms with Crippen LogP contribution in [0.4, 0.5) is 0 Å². The van der Waals surface area contributed by atoms with Gasteiger partial charge in [0.15, 0.2) is 11.5 Å². The Morgan fingerprint density at radius 3 is 2.52 bits per heavy atom. The van der Waals surface area contributed by atoms with Gasteiger partial charge in [-0.3, -0.25) is 0 Å². The molecular formula is C16H27N3O2. The van der Waals surface area contributed by atoms with Crippen molar-refractivity contribution in [3.05, 3.63) is 23.8 Å². The molecule has 1 aliphatic rings. The Morgan fingerprint density at radius 2 is 1.81 bits per heavy atom. The Labute approximate surface area is 127 Å². The minimum absolute atomic E-state index is 0.0192. The molecule has 0 amide bonds. The van der Waals surface area contributed by atoms with Crippen molar-refractivity contribution in [2.45, 2.75) is 12.5 Å². The van der Waals surface area contributed by atoms with Crippen molar-refractivity contribution in [2.75, 3.05) is 54.0 Å². The van der Waals surface area contributed by atoms with Gasteiger partial charge >= 0.3 is 0 Å². The predicted molar refractivity (Wildman–Crippen MR) is 85.0 cm³/mol. The molecule has 1 aliphatic heterocycles. The molecule has 5 heteroatoms. The summed E-state index contributed by atoms with van der Waals surface area (Å²) in [6.07, 6.45) is 0.920. The van der Waals surface area contributed by atoms with Gasteiger partial charge in [-0.15, -0.1) is 0 Å². The highest BCUT2D eigenvalue weighted by Gasteiger charge is 2.15. The molecule has 2 rings (SSSR count). The highest BCUT2D eigenvalue weighted by Crippen LogP contribution is 2.31. The summed E-state index contributed by atoms with van der Waals surface area (Å²) in [5, 5.41) is 0. The molecule has 0 fully saturated rings. The predicted octanol–water partition coefficient (Wildman–Crippen LogP) is 1.34. The molecule has 118 valence electrons. The Bertz CT molecular complexity index is 451. The summed E-state index contributed by atoms with van der Waals surface area (Å²) in [4.78, 5) is 4.43. The smallest absolute Gasteiger partial charge is 0.161 e. The zero-order chi connectivity index (χ0) is 15.2. The van der Waals surface area contributed by atoms with E-state index in [2.05, 4.69) is 30.9 Å². The fourth-order valence-electron chi connectivity index (χ4n) is 2.31. The van der Waals surface area contributed by atoms with Crippen LogP contribution in [0.3, 0.4) is 0 Å². The van der Waals surface area contributed by atoms with Crippen LogP contribution in [0.25, 0.3) is 0 Å². The van der Waals surface area contributed by atoms with E-state index in [-0.39, 0.29) is 6.04 Å². The van der Waals surface area contributed by atoms with E-state index < -0.39 is 0 Å². The second-order valence-electron chi connectivity index (χ2n) is 5.93. The summed E-state index contributed by atoms with van der Waals surface area (Å²) in [5.74, 6) is 1.64. The van der Waals surface area contributed by atoms with Gasteiger partial charge < -0.3 is 25.0 Å². The largest absolute Gasteiger partial charge is 0.490 e. The minimum Gasteiger partial charge on any atom is -0.490 e. The summed E-state index contributed by atoms with van der Waals surface area (Å²) in [7, 11) is 6.27. The van der Waals surface area contributed by atoms with Gasteiger partial charge in [-0.05, 0) is 38.8 Å². The van der Waals surface area contributed by atoms with E-state index >= 15 is 0 Å². The molecule has 1 unspecified atom stereocenters. The van der Waals surface area contributed by atoms with Crippen molar-refractivity contribution in [3.63, 3.8) is 0 Å². The van der Waals surface area contributed by atoms with Crippen LogP contribution in [0.5, 0.6) is 11.5 Å². The van der Waals surface area contributed by atoms with Gasteiger partial charge in [-0.1, -0.05) is 6.07 Å². The third-order valence-electron chi connectivity index (χ3n) is 3.64. The average molecular weight is 293 g/mol. The molecule has 5 nitrogen and oxygen atoms in total. The third kappa shape index (κ3) is 4.88. The molecule has 1 aromatic rings. The van der Waals surface area contributed by atoms with E-state index in [9.17, 15) is 0 Å². The molecule has 2 N–H and O–H groups in total. The first-order chi connectivity index (χ1) is 10.1. The van der Waals surface area contributed by atoms with Crippen LogP contribution >= 0.6 is 0 Å². The van der Waals surface area contributed by atoms with E-state index in [1.807, 2.05) is 18.2 Å². The van der Waals surface area contributed by atoms with E-state index in [1.165, 1.54) is 0 Å². The maximum atomic E-state index is 6.32. The molecule has 0 aromatic heterocycles. The Hall–Kier alpha value is -1.30. The molecule has 1 heterocycles. The lowest BCUT2D eigenvalue weighted by atomic mass is 10.1. The molecule has 1 aromatic carbocycles. The Balaban J connectivity index is 1.96. The number of fused-ring (bicyclic) bond motifs is 1. The Kier molecular flexibility index (Phi) is 5.85. The van der Waals surface area contributed by atoms with Crippen LogP contribution < -0.4 is 15.2 Å². The van der Waals surface area contributed by atoms with Crippen LogP contribution in [-0.4, -0.2) is 63.8 Å². The minimum atomic E-state index is -0.0192. The van der Waals surface area contributed by atoms with E-state index in [0.29, 0.717) is 13.2 Å². The van der Waals surface area contributed by atoms with Crippen LogP contribution in [0.15, 0.2) is 18.2 Å². The standard InChI is InChI=1S/C16H27N3O2/c1-18(2)7-8-19(3)12-14(17)13-5-6-15-16(11-13)21-10-4-9-20-15/h5-6,11,14H,4,7-10,12,17H2,1-3H3. The molecule has 0 aliphatic carbocycles. The van der Waals surface area contributed by atoms with E-state index in [1.54, 1.807) is 0 Å². The van der Waals surface area contributed by atoms with Gasteiger partial charge in [0.05, 0.1) is 13.2 Å². The SMILES string of the molecule is CN(C)CCN(C)CC(N)c1ccc2c(c1)OCCCO2. The number of rotatable bonds is 6. The quantitative estimate of drug-likeness (QED) is 0.858. The lowest BCUT2D eigenvalue weighted by Gasteiger charge is -2.23. The van der Waals surface area contributed by atoms with Gasteiger partial charge in [0.25, 0.3) is 0 Å². The van der Waals surface area contributed by atoms with Crippen LogP contribution in [0, 0.1) is 0 Å². The van der Waals surface area contributed by atoms with Gasteiger partial charge in [-0.25, -0.2) is 0 Å². The molecule has 1 atom stereocenters. The lowest BCUT2D eigenvalue weighted by molar-refractivity contribution is 0.269. The fraction of sp³-hybridized carbons (Fsp3) is 0.625. The first kappa shape index (κ1) is 16.1. The van der Waals surface area contributed by atoms with Gasteiger partial charge in [-0.2, -0.15) is 0 Å². The number of hydrogen-bond donors (Lipinski definition) is 1. The van der Waals surface area contributed by atoms with Crippen LogP contribution in [-0.2, 0) is 0 Å². The first-order valence-electron chi connectivity index (χ1n) is 7.54. The van der Waals surface area contributed by atoms with Crippen molar-refractivity contribution in [3.8, 4) is 11.5 Å². The van der Waals surface area contributed by atoms with Gasteiger partial charge in [0, 0.05) is 32.1 Å². The van der Waals surface area contributed by atoms with Crippen LogP contribution in [0.1, 0.15) is 18.0 Å². The normalized spacial score (nSPS) is 16.1. The van der Waals surface area contributed by atoms with Crippen molar-refractivity contribution in [1.29, 1.82) is 0 Å². The Morgan fingerprint density at radius 1 is 1.10 bits per heavy atom. The average Bonchev–Trinajstić information content (AvgIpc) is 2.69. The number of ether oxygens (including phenoxy) is 2. The molecule has 0 saturated carbocycles. The third-order valence-corrected chi connectivity index (χ3v) is 3.64. The lowest BCUT2D eigenvalue weighted by Crippen LogP contribution is -2.34. The monoisotopic (exact) mass is 293 g/mol. The number of benzene rings is 1. The maximum absolute atomic E-state index is 6.32. The van der Waals surface area contributed by atoms with Gasteiger partial charge in [0.1, 0.15) is 0 Å². The first-order valence-corrected chi connectivity index (χ1v) is 7.54. The molecular weight excluding hydrogens is 266 g/mol. The second kappa shape index (κ2) is 7.64. The summed E-state index contributed by atoms with van der Waals surface area (Å²) >= 11 is 0. The fourth-order valence-corrected chi connectivity index (χ4v) is 2.31. The van der Waals surface area contributed by atoms with Crippen molar-refractivity contribution < 1.29 is 9.47 Å². The topological polar surface area (TPSA) is 51.0 Å². The van der Waals surface area contributed by atoms with Crippen LogP contribution in [0.2, 0.25) is 0 Å². The summed E-state index contributed by atoms with van der Waals surface area (Å²) in [5.41, 5.74) is 7.42. The van der Waals surface area contributed by atoms with Crippen molar-refractivity contribution in [2.24, 2.45) is 5.73 Å². The van der Waals surface area contributed by atoms with Gasteiger partial charge in [0.2, 0.25) is 0 Å². The number of likely N-dealkylation sites (N-methyl/N-ethyl adjacent to an activating group) is 2. The summed E-state index contributed by atoms with van der Waals surface area (Å²) < 4.78 is 11.4. The van der Waals surface area contributed by atoms with Crippen molar-refractivity contribution in [1.82, 2.24) is 9.80 Å². The summed E-state index contributed by atoms with van der Waals surface area (Å²) in [6, 6.07) is 6.01. The van der Waals surface area contributed by atoms with E-state index in [0.717, 1.165) is 43.1 Å². The maximum Gasteiger partial charge on any atom is 0.161 e. The highest BCUT2D eigenvalue weighted by atomic mass is 16.5. The molecule has 0 bridgehead atoms. The molecule has 0 spiro atoms. The number of hydrogen-bond acceptors (Lipinski definition) is 5. The molecule has 0 radical (unpaired) electrons. The zero-order valence-corrected chi connectivity index (χ0v) is 13.3. The highest BCUT2D eigenvalue weighted by molar-refractivity contribution is 5.44. The molecule has 0 saturated heterocycles. The zero-order valence-electron chi connectivity index (χ0n) is 13.3. The number of nitrogens with zero attached hydrogens (tertiary/aromatic N) is 2. The van der Waals surface area contributed by atoms with Crippen molar-refractivity contribution >= 4 is 0 Å². The van der Waals surface area contributed by atoms with E-state index in [4.69, 9.17) is 15.2 Å². The second-order valence-corrected chi connectivity index (χ2v) is 5.93. The summed E-state index contributed by atoms with van der Waals surface area (Å²) in [6.45, 7) is 4.28.